The minimum absolute atomic E-state index is 0.0968. The number of aliphatic hydroxyl groups excluding tert-OH is 1. The van der Waals surface area contributed by atoms with Crippen LogP contribution in [0.15, 0.2) is 54.1 Å². The molecule has 2 atom stereocenters. The molecular weight excluding hydrogens is 240 g/mol. The van der Waals surface area contributed by atoms with Crippen molar-refractivity contribution in [2.45, 2.75) is 38.6 Å². The number of nitroso groups, excluding NO2 is 1. The first-order valence-corrected chi connectivity index (χ1v) is 6.36. The van der Waals surface area contributed by atoms with Crippen LogP contribution in [0.3, 0.4) is 0 Å². The second-order valence-electron chi connectivity index (χ2n) is 4.75. The van der Waals surface area contributed by atoms with Crippen molar-refractivity contribution in [2.24, 2.45) is 16.8 Å². The normalized spacial score (nSPS) is 14.5. The smallest absolute Gasteiger partial charge is 0.0944 e. The van der Waals surface area contributed by atoms with E-state index < -0.39 is 6.04 Å². The summed E-state index contributed by atoms with van der Waals surface area (Å²) in [4.78, 5) is 10.3. The zero-order chi connectivity index (χ0) is 14.8. The third-order valence-corrected chi connectivity index (χ3v) is 3.08. The van der Waals surface area contributed by atoms with Crippen molar-refractivity contribution < 1.29 is 5.11 Å². The van der Waals surface area contributed by atoms with E-state index in [0.717, 1.165) is 19.3 Å². The largest absolute Gasteiger partial charge is 0.513 e. The van der Waals surface area contributed by atoms with Crippen molar-refractivity contribution in [3.05, 3.63) is 53.8 Å². The Bertz CT molecular complexity index is 372. The topological polar surface area (TPSA) is 75.7 Å². The number of allylic oxidation sites excluding steroid dienone is 4. The third kappa shape index (κ3) is 7.36. The van der Waals surface area contributed by atoms with E-state index in [4.69, 9.17) is 5.73 Å². The Morgan fingerprint density at radius 1 is 1.47 bits per heavy atom. The molecule has 0 aliphatic heterocycles. The summed E-state index contributed by atoms with van der Waals surface area (Å²) >= 11 is 0. The molecule has 0 aliphatic carbocycles. The van der Waals surface area contributed by atoms with E-state index in [9.17, 15) is 10.0 Å². The highest BCUT2D eigenvalue weighted by molar-refractivity contribution is 5.08. The highest BCUT2D eigenvalue weighted by Crippen LogP contribution is 2.23. The van der Waals surface area contributed by atoms with Gasteiger partial charge in [-0.1, -0.05) is 37.5 Å². The average molecular weight is 264 g/mol. The van der Waals surface area contributed by atoms with Crippen LogP contribution < -0.4 is 5.73 Å². The van der Waals surface area contributed by atoms with Gasteiger partial charge in [0, 0.05) is 5.92 Å². The van der Waals surface area contributed by atoms with Gasteiger partial charge in [0.2, 0.25) is 0 Å². The summed E-state index contributed by atoms with van der Waals surface area (Å²) in [5.74, 6) is -0.0375. The molecule has 0 heterocycles. The van der Waals surface area contributed by atoms with Gasteiger partial charge in [-0.05, 0) is 37.8 Å². The van der Waals surface area contributed by atoms with Crippen LogP contribution >= 0.6 is 0 Å². The molecule has 2 unspecified atom stereocenters. The Morgan fingerprint density at radius 3 is 2.58 bits per heavy atom. The summed E-state index contributed by atoms with van der Waals surface area (Å²) in [5, 5.41) is 12.3. The van der Waals surface area contributed by atoms with Gasteiger partial charge in [0.1, 0.15) is 0 Å². The van der Waals surface area contributed by atoms with E-state index in [-0.39, 0.29) is 17.4 Å². The fourth-order valence-corrected chi connectivity index (χ4v) is 1.84. The molecule has 0 saturated carbocycles. The molecule has 4 nitrogen and oxygen atoms in total. The predicted octanol–water partition coefficient (Wildman–Crippen LogP) is 3.97. The molecule has 0 aliphatic rings. The molecule has 19 heavy (non-hydrogen) atoms. The van der Waals surface area contributed by atoms with E-state index in [1.165, 1.54) is 5.57 Å². The maximum Gasteiger partial charge on any atom is 0.0944 e. The van der Waals surface area contributed by atoms with Gasteiger partial charge in [-0.2, -0.15) is 0 Å². The lowest BCUT2D eigenvalue weighted by molar-refractivity contribution is 0.299. The summed E-state index contributed by atoms with van der Waals surface area (Å²) in [7, 11) is 0. The number of nitrogens with two attached hydrogens (primary N) is 1. The van der Waals surface area contributed by atoms with Crippen molar-refractivity contribution in [3.63, 3.8) is 0 Å². The minimum Gasteiger partial charge on any atom is -0.513 e. The van der Waals surface area contributed by atoms with Crippen molar-refractivity contribution in [3.8, 4) is 0 Å². The minimum atomic E-state index is -0.531. The first-order valence-electron chi connectivity index (χ1n) is 6.36. The monoisotopic (exact) mass is 264 g/mol. The highest BCUT2D eigenvalue weighted by atomic mass is 16.3. The Labute approximate surface area is 115 Å². The molecule has 0 rings (SSSR count). The standard InChI is InChI=1S/C15H24N2O2/c1-5-7-11(2)8-6-9-14(13(4)18)10-15(16)12(3)17-19/h5,7,14-15,18H,1,3-4,6,8-10,16H2,2H3/b11-7+. The molecule has 3 N–H and O–H groups in total. The molecular formula is C15H24N2O2. The van der Waals surface area contributed by atoms with E-state index in [0.29, 0.717) is 6.42 Å². The summed E-state index contributed by atoms with van der Waals surface area (Å²) in [5.41, 5.74) is 7.12. The van der Waals surface area contributed by atoms with Crippen molar-refractivity contribution in [1.82, 2.24) is 0 Å². The van der Waals surface area contributed by atoms with Gasteiger partial charge in [0.15, 0.2) is 0 Å². The molecule has 0 saturated heterocycles. The Hall–Kier alpha value is -1.68. The molecule has 0 fully saturated rings. The maximum atomic E-state index is 10.3. The molecule has 0 aromatic heterocycles. The summed E-state index contributed by atoms with van der Waals surface area (Å²) in [6.07, 6.45) is 6.76. The number of rotatable bonds is 10. The number of hydrogen-bond acceptors (Lipinski definition) is 4. The van der Waals surface area contributed by atoms with E-state index >= 15 is 0 Å². The third-order valence-electron chi connectivity index (χ3n) is 3.08. The van der Waals surface area contributed by atoms with Crippen molar-refractivity contribution in [1.29, 1.82) is 0 Å². The van der Waals surface area contributed by atoms with Gasteiger partial charge in [0.05, 0.1) is 17.5 Å². The van der Waals surface area contributed by atoms with Crippen molar-refractivity contribution in [2.75, 3.05) is 0 Å². The molecule has 0 aromatic carbocycles. The van der Waals surface area contributed by atoms with Crippen LogP contribution in [-0.4, -0.2) is 11.1 Å². The van der Waals surface area contributed by atoms with Gasteiger partial charge in [-0.15, -0.1) is 4.91 Å². The maximum absolute atomic E-state index is 10.3. The van der Waals surface area contributed by atoms with E-state index in [1.807, 2.05) is 13.0 Å². The predicted molar refractivity (Wildman–Crippen MR) is 80.6 cm³/mol. The van der Waals surface area contributed by atoms with Gasteiger partial charge in [0.25, 0.3) is 0 Å². The summed E-state index contributed by atoms with van der Waals surface area (Å²) in [6, 6.07) is -0.531. The Kier molecular flexibility index (Phi) is 8.46. The zero-order valence-electron chi connectivity index (χ0n) is 11.6. The number of aliphatic hydroxyl groups is 1. The lowest BCUT2D eigenvalue weighted by Gasteiger charge is -2.19. The quantitative estimate of drug-likeness (QED) is 0.356. The van der Waals surface area contributed by atoms with Crippen LogP contribution in [0, 0.1) is 10.8 Å². The fraction of sp³-hybridized carbons (Fsp3) is 0.467. The second-order valence-corrected chi connectivity index (χ2v) is 4.75. The lowest BCUT2D eigenvalue weighted by Crippen LogP contribution is -2.25. The Balaban J connectivity index is 4.31. The zero-order valence-corrected chi connectivity index (χ0v) is 11.6. The first kappa shape index (κ1) is 17.3. The molecule has 0 radical (unpaired) electrons. The fourth-order valence-electron chi connectivity index (χ4n) is 1.84. The average Bonchev–Trinajstić information content (AvgIpc) is 2.36. The summed E-state index contributed by atoms with van der Waals surface area (Å²) < 4.78 is 0. The molecule has 0 aromatic rings. The lowest BCUT2D eigenvalue weighted by atomic mass is 9.91. The molecule has 0 amide bonds. The van der Waals surface area contributed by atoms with Crippen LogP contribution in [0.2, 0.25) is 0 Å². The van der Waals surface area contributed by atoms with Gasteiger partial charge >= 0.3 is 0 Å². The van der Waals surface area contributed by atoms with Crippen LogP contribution in [0.5, 0.6) is 0 Å². The SMILES string of the molecule is C=C/C=C(\C)CCCC(CC(N)C(=C)N=O)C(=C)O. The summed E-state index contributed by atoms with van der Waals surface area (Å²) in [6.45, 7) is 12.7. The van der Waals surface area contributed by atoms with E-state index in [1.54, 1.807) is 6.08 Å². The molecule has 0 bridgehead atoms. The van der Waals surface area contributed by atoms with Gasteiger partial charge < -0.3 is 10.8 Å². The van der Waals surface area contributed by atoms with Crippen molar-refractivity contribution >= 4 is 0 Å². The first-order chi connectivity index (χ1) is 8.92. The van der Waals surface area contributed by atoms with Crippen LogP contribution in [-0.2, 0) is 0 Å². The highest BCUT2D eigenvalue weighted by Gasteiger charge is 2.18. The van der Waals surface area contributed by atoms with E-state index in [2.05, 4.69) is 24.9 Å². The number of hydrogen-bond donors (Lipinski definition) is 2. The molecule has 106 valence electrons. The van der Waals surface area contributed by atoms with Crippen LogP contribution in [0.1, 0.15) is 32.6 Å². The van der Waals surface area contributed by atoms with Gasteiger partial charge in [-0.3, -0.25) is 0 Å². The van der Waals surface area contributed by atoms with Crippen LogP contribution in [0.4, 0.5) is 0 Å². The Morgan fingerprint density at radius 2 is 2.11 bits per heavy atom. The van der Waals surface area contributed by atoms with Gasteiger partial charge in [-0.25, -0.2) is 0 Å². The number of nitrogens with zero attached hydrogens (tertiary/aromatic N) is 1. The molecule has 0 spiro atoms. The second kappa shape index (κ2) is 9.28. The van der Waals surface area contributed by atoms with Crippen LogP contribution in [0.25, 0.3) is 0 Å². The molecule has 4 heteroatoms.